The third kappa shape index (κ3) is 3.98. The molecule has 8 nitrogen and oxygen atoms in total. The second-order valence-electron chi connectivity index (χ2n) is 6.07. The normalized spacial score (nSPS) is 17.2. The van der Waals surface area contributed by atoms with Crippen LogP contribution in [-0.4, -0.2) is 62.0 Å². The van der Waals surface area contributed by atoms with Crippen LogP contribution in [0.1, 0.15) is 27.5 Å². The highest BCUT2D eigenvalue weighted by atomic mass is 32.2. The van der Waals surface area contributed by atoms with Gasteiger partial charge < -0.3 is 9.26 Å². The molecule has 0 unspecified atom stereocenters. The first-order chi connectivity index (χ1) is 12.4. The number of methoxy groups -OCH3 is 1. The second kappa shape index (κ2) is 7.87. The van der Waals surface area contributed by atoms with Crippen molar-refractivity contribution in [2.24, 2.45) is 0 Å². The summed E-state index contributed by atoms with van der Waals surface area (Å²) in [6, 6.07) is 3.35. The van der Waals surface area contributed by atoms with Crippen LogP contribution in [-0.2, 0) is 21.3 Å². The van der Waals surface area contributed by atoms with Crippen LogP contribution in [0.4, 0.5) is 0 Å². The zero-order valence-electron chi connectivity index (χ0n) is 14.7. The molecule has 0 saturated carbocycles. The molecule has 0 bridgehead atoms. The molecule has 1 aliphatic heterocycles. The van der Waals surface area contributed by atoms with Gasteiger partial charge in [0.05, 0.1) is 12.8 Å². The Kier molecular flexibility index (Phi) is 5.76. The van der Waals surface area contributed by atoms with E-state index in [0.717, 1.165) is 29.3 Å². The minimum absolute atomic E-state index is 0.0231. The molecule has 3 rings (SSSR count). The number of nitrogens with zero attached hydrogens (tertiary/aromatic N) is 3. The fraction of sp³-hybridized carbons (Fsp3) is 0.500. The van der Waals surface area contributed by atoms with E-state index in [0.29, 0.717) is 32.6 Å². The zero-order valence-corrected chi connectivity index (χ0v) is 16.3. The first kappa shape index (κ1) is 19.0. The van der Waals surface area contributed by atoms with Crippen molar-refractivity contribution in [2.75, 3.05) is 33.3 Å². The number of carbonyl (C=O) groups is 1. The van der Waals surface area contributed by atoms with Gasteiger partial charge in [0.2, 0.25) is 10.0 Å². The van der Waals surface area contributed by atoms with Crippen molar-refractivity contribution in [3.63, 3.8) is 0 Å². The molecule has 1 fully saturated rings. The number of sulfonamides is 1. The molecule has 0 aliphatic carbocycles. The molecule has 0 aromatic carbocycles. The van der Waals surface area contributed by atoms with Crippen molar-refractivity contribution in [1.29, 1.82) is 0 Å². The van der Waals surface area contributed by atoms with Gasteiger partial charge in [-0.05, 0) is 31.3 Å². The number of thiophene rings is 1. The summed E-state index contributed by atoms with van der Waals surface area (Å²) in [5.41, 5.74) is 0.838. The van der Waals surface area contributed by atoms with E-state index >= 15 is 0 Å². The Morgan fingerprint density at radius 1 is 1.35 bits per heavy atom. The SMILES string of the molecule is COC(=O)c1sccc1S(=O)(=O)N1CCCN(Cc2cc(C)on2)CC1. The molecule has 2 aromatic heterocycles. The Bertz CT molecular complexity index is 874. The summed E-state index contributed by atoms with van der Waals surface area (Å²) in [4.78, 5) is 14.1. The number of aromatic nitrogens is 1. The van der Waals surface area contributed by atoms with Gasteiger partial charge in [-0.2, -0.15) is 4.31 Å². The Balaban J connectivity index is 1.72. The monoisotopic (exact) mass is 399 g/mol. The van der Waals surface area contributed by atoms with Crippen molar-refractivity contribution in [1.82, 2.24) is 14.4 Å². The number of aryl methyl sites for hydroxylation is 1. The van der Waals surface area contributed by atoms with E-state index in [-0.39, 0.29) is 9.77 Å². The van der Waals surface area contributed by atoms with Crippen molar-refractivity contribution < 1.29 is 22.5 Å². The minimum Gasteiger partial charge on any atom is -0.465 e. The summed E-state index contributed by atoms with van der Waals surface area (Å²) in [5.74, 6) is 0.128. The molecule has 0 radical (unpaired) electrons. The summed E-state index contributed by atoms with van der Waals surface area (Å²) in [6.45, 7) is 4.58. The summed E-state index contributed by atoms with van der Waals surface area (Å²) >= 11 is 1.07. The number of esters is 1. The van der Waals surface area contributed by atoms with Crippen LogP contribution in [0.3, 0.4) is 0 Å². The lowest BCUT2D eigenvalue weighted by atomic mass is 10.3. The van der Waals surface area contributed by atoms with Crippen molar-refractivity contribution in [3.05, 3.63) is 33.8 Å². The molecule has 0 amide bonds. The average molecular weight is 399 g/mol. The van der Waals surface area contributed by atoms with Crippen molar-refractivity contribution >= 4 is 27.3 Å². The van der Waals surface area contributed by atoms with Gasteiger partial charge in [0.25, 0.3) is 0 Å². The molecular formula is C16H21N3O5S2. The summed E-state index contributed by atoms with van der Waals surface area (Å²) in [7, 11) is -2.49. The van der Waals surface area contributed by atoms with Crippen LogP contribution in [0.5, 0.6) is 0 Å². The van der Waals surface area contributed by atoms with E-state index in [1.807, 2.05) is 13.0 Å². The maximum absolute atomic E-state index is 13.0. The first-order valence-electron chi connectivity index (χ1n) is 8.22. The van der Waals surface area contributed by atoms with Crippen LogP contribution in [0, 0.1) is 6.92 Å². The van der Waals surface area contributed by atoms with Gasteiger partial charge in [-0.1, -0.05) is 5.16 Å². The highest BCUT2D eigenvalue weighted by Crippen LogP contribution is 2.26. The molecule has 1 saturated heterocycles. The van der Waals surface area contributed by atoms with Gasteiger partial charge >= 0.3 is 5.97 Å². The third-order valence-electron chi connectivity index (χ3n) is 4.23. The van der Waals surface area contributed by atoms with Gasteiger partial charge in [0, 0.05) is 32.2 Å². The minimum atomic E-state index is -3.74. The predicted molar refractivity (Wildman–Crippen MR) is 95.6 cm³/mol. The lowest BCUT2D eigenvalue weighted by molar-refractivity contribution is 0.0602. The quantitative estimate of drug-likeness (QED) is 0.707. The second-order valence-corrected chi connectivity index (χ2v) is 8.89. The lowest BCUT2D eigenvalue weighted by Gasteiger charge is -2.21. The smallest absolute Gasteiger partial charge is 0.349 e. The molecular weight excluding hydrogens is 378 g/mol. The summed E-state index contributed by atoms with van der Waals surface area (Å²) in [5, 5.41) is 5.58. The molecule has 2 aromatic rings. The highest BCUT2D eigenvalue weighted by Gasteiger charge is 2.31. The largest absolute Gasteiger partial charge is 0.465 e. The van der Waals surface area contributed by atoms with E-state index < -0.39 is 16.0 Å². The van der Waals surface area contributed by atoms with E-state index in [4.69, 9.17) is 9.26 Å². The average Bonchev–Trinajstić information content (AvgIpc) is 3.19. The molecule has 1 aliphatic rings. The molecule has 10 heteroatoms. The standard InChI is InChI=1S/C16H21N3O5S2/c1-12-10-13(17-24-12)11-18-5-3-6-19(8-7-18)26(21,22)14-4-9-25-15(14)16(20)23-2/h4,9-10H,3,5-8,11H2,1-2H3. The molecule has 142 valence electrons. The van der Waals surface area contributed by atoms with Crippen LogP contribution < -0.4 is 0 Å². The summed E-state index contributed by atoms with van der Waals surface area (Å²) < 4.78 is 37.2. The van der Waals surface area contributed by atoms with E-state index in [1.54, 1.807) is 5.38 Å². The maximum atomic E-state index is 13.0. The Labute approximate surface area is 156 Å². The van der Waals surface area contributed by atoms with Gasteiger partial charge in [-0.3, -0.25) is 4.90 Å². The molecule has 0 spiro atoms. The number of carbonyl (C=O) groups excluding carboxylic acids is 1. The van der Waals surface area contributed by atoms with E-state index in [2.05, 4.69) is 10.1 Å². The highest BCUT2D eigenvalue weighted by molar-refractivity contribution is 7.89. The number of rotatable bonds is 5. The van der Waals surface area contributed by atoms with Crippen molar-refractivity contribution in [2.45, 2.75) is 24.8 Å². The predicted octanol–water partition coefficient (Wildman–Crippen LogP) is 1.73. The van der Waals surface area contributed by atoms with Gasteiger partial charge in [0.1, 0.15) is 15.5 Å². The van der Waals surface area contributed by atoms with E-state index in [1.165, 1.54) is 17.5 Å². The van der Waals surface area contributed by atoms with Crippen LogP contribution in [0.15, 0.2) is 26.9 Å². The van der Waals surface area contributed by atoms with Gasteiger partial charge in [-0.25, -0.2) is 13.2 Å². The first-order valence-corrected chi connectivity index (χ1v) is 10.5. The molecule has 0 N–H and O–H groups in total. The molecule has 0 atom stereocenters. The number of ether oxygens (including phenoxy) is 1. The Morgan fingerprint density at radius 2 is 2.15 bits per heavy atom. The number of hydrogen-bond acceptors (Lipinski definition) is 8. The fourth-order valence-corrected chi connectivity index (χ4v) is 5.73. The number of hydrogen-bond donors (Lipinski definition) is 0. The maximum Gasteiger partial charge on any atom is 0.349 e. The molecule has 3 heterocycles. The van der Waals surface area contributed by atoms with Crippen LogP contribution in [0.2, 0.25) is 0 Å². The topological polar surface area (TPSA) is 93.0 Å². The van der Waals surface area contributed by atoms with Crippen molar-refractivity contribution in [3.8, 4) is 0 Å². The zero-order chi connectivity index (χ0) is 18.7. The third-order valence-corrected chi connectivity index (χ3v) is 7.19. The van der Waals surface area contributed by atoms with E-state index in [9.17, 15) is 13.2 Å². The van der Waals surface area contributed by atoms with Gasteiger partial charge in [-0.15, -0.1) is 11.3 Å². The Hall–Kier alpha value is -1.75. The van der Waals surface area contributed by atoms with Crippen LogP contribution in [0.25, 0.3) is 0 Å². The summed E-state index contributed by atoms with van der Waals surface area (Å²) in [6.07, 6.45) is 0.702. The van der Waals surface area contributed by atoms with Crippen LogP contribution >= 0.6 is 11.3 Å². The molecule has 26 heavy (non-hydrogen) atoms. The lowest BCUT2D eigenvalue weighted by Crippen LogP contribution is -2.35. The van der Waals surface area contributed by atoms with Gasteiger partial charge in [0.15, 0.2) is 0 Å². The Morgan fingerprint density at radius 3 is 2.85 bits per heavy atom. The fourth-order valence-electron chi connectivity index (χ4n) is 2.95.